The van der Waals surface area contributed by atoms with Crippen molar-refractivity contribution in [3.8, 4) is 0 Å². The Morgan fingerprint density at radius 3 is 2.58 bits per heavy atom. The first-order valence-corrected chi connectivity index (χ1v) is 10.4. The first-order chi connectivity index (χ1) is 15.7. The van der Waals surface area contributed by atoms with E-state index >= 15 is 4.39 Å². The molecule has 3 rings (SSSR count). The third-order valence-electron chi connectivity index (χ3n) is 5.27. The van der Waals surface area contributed by atoms with Crippen LogP contribution >= 0.6 is 0 Å². The summed E-state index contributed by atoms with van der Waals surface area (Å²) in [5.74, 6) is -1.72. The van der Waals surface area contributed by atoms with Crippen molar-refractivity contribution in [1.29, 1.82) is 0 Å². The zero-order valence-electron chi connectivity index (χ0n) is 18.7. The number of benzene rings is 1. The lowest BCUT2D eigenvalue weighted by atomic mass is 10.1. The number of amides is 4. The normalized spacial score (nSPS) is 16.2. The summed E-state index contributed by atoms with van der Waals surface area (Å²) in [6, 6.07) is 6.04. The Kier molecular flexibility index (Phi) is 7.44. The Balaban J connectivity index is 1.66. The number of anilines is 2. The number of aromatic nitrogens is 1. The molecule has 0 radical (unpaired) electrons. The van der Waals surface area contributed by atoms with Gasteiger partial charge in [0.25, 0.3) is 0 Å². The van der Waals surface area contributed by atoms with Gasteiger partial charge in [0.05, 0.1) is 17.6 Å². The first-order valence-electron chi connectivity index (χ1n) is 10.4. The van der Waals surface area contributed by atoms with Crippen LogP contribution in [0.5, 0.6) is 0 Å². The van der Waals surface area contributed by atoms with Crippen LogP contribution in [0.15, 0.2) is 36.5 Å². The van der Waals surface area contributed by atoms with Crippen LogP contribution in [-0.2, 0) is 11.3 Å². The van der Waals surface area contributed by atoms with Gasteiger partial charge in [-0.2, -0.15) is 0 Å². The van der Waals surface area contributed by atoms with Gasteiger partial charge in [-0.25, -0.2) is 18.8 Å². The summed E-state index contributed by atoms with van der Waals surface area (Å²) in [6.45, 7) is 2.62. The van der Waals surface area contributed by atoms with Crippen LogP contribution in [0.3, 0.4) is 0 Å². The minimum absolute atomic E-state index is 0.00118. The quantitative estimate of drug-likeness (QED) is 0.633. The lowest BCUT2D eigenvalue weighted by molar-refractivity contribution is -0.144. The molecule has 11 heteroatoms. The fraction of sp³-hybridized carbons (Fsp3) is 0.364. The smallest absolute Gasteiger partial charge is 0.327 e. The highest BCUT2D eigenvalue weighted by Gasteiger charge is 2.36. The molecule has 0 aliphatic carbocycles. The number of halogens is 1. The average molecular weight is 458 g/mol. The number of pyridine rings is 1. The van der Waals surface area contributed by atoms with Gasteiger partial charge >= 0.3 is 18.0 Å². The summed E-state index contributed by atoms with van der Waals surface area (Å²) in [7, 11) is 3.12. The third-order valence-corrected chi connectivity index (χ3v) is 5.27. The largest absolute Gasteiger partial charge is 0.480 e. The molecule has 1 saturated heterocycles. The highest BCUT2D eigenvalue weighted by molar-refractivity contribution is 5.99. The molecule has 0 unspecified atom stereocenters. The van der Waals surface area contributed by atoms with Crippen molar-refractivity contribution in [1.82, 2.24) is 19.7 Å². The molecule has 4 amide bonds. The second-order valence-electron chi connectivity index (χ2n) is 8.01. The van der Waals surface area contributed by atoms with E-state index in [9.17, 15) is 19.5 Å². The van der Waals surface area contributed by atoms with E-state index < -0.39 is 23.9 Å². The van der Waals surface area contributed by atoms with Gasteiger partial charge in [-0.15, -0.1) is 0 Å². The number of hydrogen-bond acceptors (Lipinski definition) is 5. The number of carbonyl (C=O) groups is 3. The number of nitrogens with one attached hydrogen (secondary N) is 2. The number of piperazine rings is 1. The maximum atomic E-state index is 15.1. The summed E-state index contributed by atoms with van der Waals surface area (Å²) in [5, 5.41) is 14.7. The molecule has 1 aliphatic rings. The molecular formula is C22H27FN6O4. The predicted octanol–water partition coefficient (Wildman–Crippen LogP) is 2.43. The van der Waals surface area contributed by atoms with Crippen LogP contribution in [0.2, 0.25) is 0 Å². The number of carboxylic acids is 1. The lowest BCUT2D eigenvalue weighted by Crippen LogP contribution is -2.59. The fourth-order valence-electron chi connectivity index (χ4n) is 3.55. The van der Waals surface area contributed by atoms with E-state index in [1.165, 1.54) is 22.1 Å². The molecule has 3 N–H and O–H groups in total. The number of urea groups is 2. The molecule has 1 aliphatic heterocycles. The van der Waals surface area contributed by atoms with E-state index in [1.54, 1.807) is 43.3 Å². The molecule has 176 valence electrons. The van der Waals surface area contributed by atoms with Crippen molar-refractivity contribution in [3.05, 3.63) is 53.6 Å². The van der Waals surface area contributed by atoms with Gasteiger partial charge in [0.1, 0.15) is 6.04 Å². The number of nitrogens with zero attached hydrogens (tertiary/aromatic N) is 4. The molecule has 2 aromatic rings. The Labute approximate surface area is 191 Å². The monoisotopic (exact) mass is 458 g/mol. The fourth-order valence-corrected chi connectivity index (χ4v) is 3.55. The van der Waals surface area contributed by atoms with Crippen molar-refractivity contribution in [2.24, 2.45) is 0 Å². The summed E-state index contributed by atoms with van der Waals surface area (Å²) in [5.41, 5.74) is 1.58. The van der Waals surface area contributed by atoms with Gasteiger partial charge in [-0.3, -0.25) is 9.88 Å². The maximum absolute atomic E-state index is 15.1. The molecule has 1 aromatic heterocycles. The summed E-state index contributed by atoms with van der Waals surface area (Å²) >= 11 is 0. The number of aryl methyl sites for hydroxylation is 1. The van der Waals surface area contributed by atoms with Crippen molar-refractivity contribution < 1.29 is 23.9 Å². The number of aliphatic carboxylic acids is 1. The zero-order chi connectivity index (χ0) is 24.1. The van der Waals surface area contributed by atoms with Crippen molar-refractivity contribution in [2.75, 3.05) is 44.4 Å². The van der Waals surface area contributed by atoms with E-state index in [1.807, 2.05) is 6.92 Å². The molecule has 1 fully saturated rings. The van der Waals surface area contributed by atoms with Gasteiger partial charge < -0.3 is 25.5 Å². The van der Waals surface area contributed by atoms with E-state index in [4.69, 9.17) is 0 Å². The second kappa shape index (κ2) is 10.3. The Morgan fingerprint density at radius 1 is 1.18 bits per heavy atom. The van der Waals surface area contributed by atoms with Crippen LogP contribution in [-0.4, -0.2) is 82.6 Å². The van der Waals surface area contributed by atoms with Crippen molar-refractivity contribution in [3.63, 3.8) is 0 Å². The van der Waals surface area contributed by atoms with E-state index in [2.05, 4.69) is 15.6 Å². The van der Waals surface area contributed by atoms with Crippen molar-refractivity contribution in [2.45, 2.75) is 19.5 Å². The van der Waals surface area contributed by atoms with Gasteiger partial charge in [0.2, 0.25) is 0 Å². The highest BCUT2D eigenvalue weighted by atomic mass is 19.1. The average Bonchev–Trinajstić information content (AvgIpc) is 2.77. The van der Waals surface area contributed by atoms with Gasteiger partial charge in [-0.1, -0.05) is 12.1 Å². The van der Waals surface area contributed by atoms with E-state index in [0.29, 0.717) is 17.8 Å². The first kappa shape index (κ1) is 23.9. The molecule has 0 spiro atoms. The summed E-state index contributed by atoms with van der Waals surface area (Å²) in [6.07, 6.45) is 1.50. The minimum Gasteiger partial charge on any atom is -0.480 e. The molecule has 0 saturated carbocycles. The number of rotatable bonds is 5. The molecule has 1 atom stereocenters. The Morgan fingerprint density at radius 2 is 1.94 bits per heavy atom. The van der Waals surface area contributed by atoms with Crippen LogP contribution in [0.25, 0.3) is 0 Å². The topological polar surface area (TPSA) is 118 Å². The number of hydrogen-bond donors (Lipinski definition) is 3. The van der Waals surface area contributed by atoms with Crippen LogP contribution in [0, 0.1) is 12.7 Å². The molecule has 10 nitrogen and oxygen atoms in total. The SMILES string of the molecule is Cc1ccc(NC(=O)Nc2cccc(CN3CCN(C(=O)N(C)C)[C@H](C(=O)O)C3)c2F)cn1. The third kappa shape index (κ3) is 5.95. The number of carboxylic acid groups (broad SMARTS) is 1. The molecule has 1 aromatic carbocycles. The van der Waals surface area contributed by atoms with Gasteiger partial charge in [-0.05, 0) is 25.1 Å². The molecule has 0 bridgehead atoms. The van der Waals surface area contributed by atoms with E-state index in [0.717, 1.165) is 5.69 Å². The maximum Gasteiger partial charge on any atom is 0.327 e. The van der Waals surface area contributed by atoms with Crippen LogP contribution < -0.4 is 10.6 Å². The summed E-state index contributed by atoms with van der Waals surface area (Å²) in [4.78, 5) is 44.8. The summed E-state index contributed by atoms with van der Waals surface area (Å²) < 4.78 is 15.1. The Hall–Kier alpha value is -3.73. The highest BCUT2D eigenvalue weighted by Crippen LogP contribution is 2.22. The number of carbonyl (C=O) groups excluding carboxylic acids is 2. The lowest BCUT2D eigenvalue weighted by Gasteiger charge is -2.40. The minimum atomic E-state index is -1.12. The van der Waals surface area contributed by atoms with Crippen LogP contribution in [0.1, 0.15) is 11.3 Å². The van der Waals surface area contributed by atoms with Crippen LogP contribution in [0.4, 0.5) is 25.4 Å². The molecule has 33 heavy (non-hydrogen) atoms. The zero-order valence-corrected chi connectivity index (χ0v) is 18.7. The molecule has 2 heterocycles. The Bertz CT molecular complexity index is 1030. The molecular weight excluding hydrogens is 431 g/mol. The predicted molar refractivity (Wildman–Crippen MR) is 121 cm³/mol. The van der Waals surface area contributed by atoms with E-state index in [-0.39, 0.29) is 31.4 Å². The van der Waals surface area contributed by atoms with Gasteiger partial charge in [0.15, 0.2) is 5.82 Å². The standard InChI is InChI=1S/C22H27FN6O4/c1-14-7-8-16(11-24-14)25-21(32)26-17-6-4-5-15(19(17)23)12-28-9-10-29(22(33)27(2)3)18(13-28)20(30)31/h4-8,11,18H,9-10,12-13H2,1-3H3,(H,30,31)(H2,25,26,32)/t18-/m0/s1. The second-order valence-corrected chi connectivity index (χ2v) is 8.01. The van der Waals surface area contributed by atoms with Gasteiger partial charge in [0, 0.05) is 51.5 Å². The van der Waals surface area contributed by atoms with Crippen molar-refractivity contribution >= 4 is 29.4 Å².